The Morgan fingerprint density at radius 3 is 2.93 bits per heavy atom. The van der Waals surface area contributed by atoms with Crippen molar-refractivity contribution < 1.29 is 13.9 Å². The molecule has 1 aromatic heterocycles. The molecule has 1 saturated heterocycles. The second kappa shape index (κ2) is 16.8. The third-order valence-corrected chi connectivity index (χ3v) is 5.65. The zero-order valence-corrected chi connectivity index (χ0v) is 21.4. The van der Waals surface area contributed by atoms with Gasteiger partial charge >= 0.3 is 0 Å². The van der Waals surface area contributed by atoms with Gasteiger partial charge in [0.15, 0.2) is 5.96 Å². The van der Waals surface area contributed by atoms with E-state index in [0.717, 1.165) is 57.3 Å². The van der Waals surface area contributed by atoms with Crippen LogP contribution >= 0.6 is 24.0 Å². The standard InChI is InChI=1S/C23H41N3O3.HI/c1-4-6-8-20(5-2)17-25-23(24-12-10-22-9-7-14-29-22)26-13-11-21(18-26)19-28-16-15-27-3;/h7,9,14,20-21H,4-6,8,10-13,15-19H2,1-3H3,(H,24,25);1H. The van der Waals surface area contributed by atoms with Gasteiger partial charge in [0.1, 0.15) is 5.76 Å². The molecule has 6 nitrogen and oxygen atoms in total. The summed E-state index contributed by atoms with van der Waals surface area (Å²) in [6.45, 7) is 10.5. The topological polar surface area (TPSA) is 59.2 Å². The van der Waals surface area contributed by atoms with E-state index in [1.807, 2.05) is 12.1 Å². The third kappa shape index (κ3) is 10.5. The summed E-state index contributed by atoms with van der Waals surface area (Å²) in [6, 6.07) is 3.97. The van der Waals surface area contributed by atoms with Gasteiger partial charge in [0.2, 0.25) is 0 Å². The summed E-state index contributed by atoms with van der Waals surface area (Å²) in [5, 5.41) is 3.59. The van der Waals surface area contributed by atoms with Crippen LogP contribution in [0.2, 0.25) is 0 Å². The van der Waals surface area contributed by atoms with Gasteiger partial charge in [-0.05, 0) is 30.9 Å². The van der Waals surface area contributed by atoms with E-state index in [9.17, 15) is 0 Å². The van der Waals surface area contributed by atoms with E-state index >= 15 is 0 Å². The van der Waals surface area contributed by atoms with Gasteiger partial charge in [0, 0.05) is 45.6 Å². The number of methoxy groups -OCH3 is 1. The summed E-state index contributed by atoms with van der Waals surface area (Å²) in [5.41, 5.74) is 0. The van der Waals surface area contributed by atoms with Crippen molar-refractivity contribution in [2.75, 3.05) is 53.1 Å². The largest absolute Gasteiger partial charge is 0.469 e. The van der Waals surface area contributed by atoms with Gasteiger partial charge in [0.25, 0.3) is 0 Å². The SMILES string of the molecule is CCCCC(CC)CN=C(NCCc1ccco1)N1CCC(COCCOC)C1.I. The number of nitrogens with one attached hydrogen (secondary N) is 1. The molecule has 1 aliphatic heterocycles. The normalized spacial score (nSPS) is 17.8. The number of nitrogens with zero attached hydrogens (tertiary/aromatic N) is 2. The number of ether oxygens (including phenoxy) is 2. The zero-order chi connectivity index (χ0) is 20.7. The molecule has 0 aliphatic carbocycles. The van der Waals surface area contributed by atoms with Gasteiger partial charge in [-0.25, -0.2) is 0 Å². The third-order valence-electron chi connectivity index (χ3n) is 5.65. The zero-order valence-electron chi connectivity index (χ0n) is 19.1. The van der Waals surface area contributed by atoms with E-state index in [4.69, 9.17) is 18.9 Å². The van der Waals surface area contributed by atoms with Crippen molar-refractivity contribution in [1.82, 2.24) is 10.2 Å². The summed E-state index contributed by atoms with van der Waals surface area (Å²) >= 11 is 0. The Morgan fingerprint density at radius 2 is 2.23 bits per heavy atom. The average molecular weight is 536 g/mol. The van der Waals surface area contributed by atoms with Crippen LogP contribution in [-0.4, -0.2) is 64.0 Å². The Bertz CT molecular complexity index is 554. The first-order valence-electron chi connectivity index (χ1n) is 11.4. The maximum Gasteiger partial charge on any atom is 0.193 e. The fraction of sp³-hybridized carbons (Fsp3) is 0.783. The van der Waals surface area contributed by atoms with Crippen molar-refractivity contribution in [3.8, 4) is 0 Å². The Balaban J connectivity index is 0.00000450. The van der Waals surface area contributed by atoms with Crippen LogP contribution in [0.4, 0.5) is 0 Å². The highest BCUT2D eigenvalue weighted by atomic mass is 127. The van der Waals surface area contributed by atoms with Gasteiger partial charge in [-0.2, -0.15) is 0 Å². The highest BCUT2D eigenvalue weighted by molar-refractivity contribution is 14.0. The predicted octanol–water partition coefficient (Wildman–Crippen LogP) is 4.59. The molecular formula is C23H42IN3O3. The number of guanidine groups is 1. The lowest BCUT2D eigenvalue weighted by Crippen LogP contribution is -2.41. The summed E-state index contributed by atoms with van der Waals surface area (Å²) in [4.78, 5) is 7.43. The highest BCUT2D eigenvalue weighted by Crippen LogP contribution is 2.18. The number of likely N-dealkylation sites (tertiary alicyclic amines) is 1. The van der Waals surface area contributed by atoms with Gasteiger partial charge in [-0.15, -0.1) is 24.0 Å². The lowest BCUT2D eigenvalue weighted by molar-refractivity contribution is 0.0536. The number of aliphatic imine (C=N–C) groups is 1. The van der Waals surface area contributed by atoms with Crippen LogP contribution < -0.4 is 5.32 Å². The summed E-state index contributed by atoms with van der Waals surface area (Å²) in [6.07, 6.45) is 8.77. The molecule has 1 N–H and O–H groups in total. The maximum absolute atomic E-state index is 5.75. The first-order valence-corrected chi connectivity index (χ1v) is 11.4. The summed E-state index contributed by atoms with van der Waals surface area (Å²) in [7, 11) is 1.71. The minimum Gasteiger partial charge on any atom is -0.469 e. The first-order chi connectivity index (χ1) is 14.3. The second-order valence-electron chi connectivity index (χ2n) is 8.01. The van der Waals surface area contributed by atoms with E-state index in [1.54, 1.807) is 13.4 Å². The molecule has 174 valence electrons. The van der Waals surface area contributed by atoms with Crippen LogP contribution in [0.1, 0.15) is 51.7 Å². The van der Waals surface area contributed by atoms with Crippen molar-refractivity contribution in [2.24, 2.45) is 16.8 Å². The molecule has 30 heavy (non-hydrogen) atoms. The quantitative estimate of drug-likeness (QED) is 0.164. The van der Waals surface area contributed by atoms with Crippen molar-refractivity contribution in [3.63, 3.8) is 0 Å². The molecule has 1 aliphatic rings. The maximum atomic E-state index is 5.75. The molecule has 2 heterocycles. The van der Waals surface area contributed by atoms with Gasteiger partial charge in [-0.1, -0.05) is 33.1 Å². The Morgan fingerprint density at radius 1 is 1.37 bits per heavy atom. The van der Waals surface area contributed by atoms with Gasteiger partial charge in [0.05, 0.1) is 26.1 Å². The molecule has 0 bridgehead atoms. The van der Waals surface area contributed by atoms with E-state index in [2.05, 4.69) is 24.1 Å². The van der Waals surface area contributed by atoms with Crippen LogP contribution in [0, 0.1) is 11.8 Å². The number of hydrogen-bond acceptors (Lipinski definition) is 4. The van der Waals surface area contributed by atoms with Crippen LogP contribution in [-0.2, 0) is 15.9 Å². The lowest BCUT2D eigenvalue weighted by Gasteiger charge is -2.23. The minimum absolute atomic E-state index is 0. The molecule has 0 amide bonds. The van der Waals surface area contributed by atoms with Crippen LogP contribution in [0.3, 0.4) is 0 Å². The average Bonchev–Trinajstić information content (AvgIpc) is 3.42. The molecule has 2 atom stereocenters. The predicted molar refractivity (Wildman–Crippen MR) is 134 cm³/mol. The molecule has 0 spiro atoms. The molecule has 1 aromatic rings. The molecule has 1 fully saturated rings. The number of furan rings is 1. The molecule has 7 heteroatoms. The van der Waals surface area contributed by atoms with Crippen molar-refractivity contribution in [2.45, 2.75) is 52.4 Å². The Labute approximate surface area is 200 Å². The Kier molecular flexibility index (Phi) is 15.3. The summed E-state index contributed by atoms with van der Waals surface area (Å²) in [5.74, 6) is 3.29. The first kappa shape index (κ1) is 27.2. The van der Waals surface area contributed by atoms with Crippen LogP contribution in [0.25, 0.3) is 0 Å². The second-order valence-corrected chi connectivity index (χ2v) is 8.01. The van der Waals surface area contributed by atoms with Crippen LogP contribution in [0.15, 0.2) is 27.8 Å². The fourth-order valence-corrected chi connectivity index (χ4v) is 3.71. The molecule has 2 rings (SSSR count). The van der Waals surface area contributed by atoms with E-state index in [-0.39, 0.29) is 24.0 Å². The van der Waals surface area contributed by atoms with Crippen molar-refractivity contribution in [3.05, 3.63) is 24.2 Å². The number of halogens is 1. The van der Waals surface area contributed by atoms with Gasteiger partial charge < -0.3 is 24.1 Å². The number of rotatable bonds is 14. The van der Waals surface area contributed by atoms with Crippen molar-refractivity contribution in [1.29, 1.82) is 0 Å². The van der Waals surface area contributed by atoms with Gasteiger partial charge in [-0.3, -0.25) is 4.99 Å². The molecule has 0 aromatic carbocycles. The van der Waals surface area contributed by atoms with Crippen LogP contribution in [0.5, 0.6) is 0 Å². The molecule has 0 radical (unpaired) electrons. The number of unbranched alkanes of at least 4 members (excludes halogenated alkanes) is 1. The molecule has 0 saturated carbocycles. The minimum atomic E-state index is 0. The van der Waals surface area contributed by atoms with E-state index in [0.29, 0.717) is 25.0 Å². The molecular weight excluding hydrogens is 493 g/mol. The van der Waals surface area contributed by atoms with E-state index < -0.39 is 0 Å². The summed E-state index contributed by atoms with van der Waals surface area (Å²) < 4.78 is 16.3. The Hall–Kier alpha value is -0.800. The molecule has 2 unspecified atom stereocenters. The van der Waals surface area contributed by atoms with E-state index in [1.165, 1.54) is 25.7 Å². The highest BCUT2D eigenvalue weighted by Gasteiger charge is 2.25. The number of hydrogen-bond donors (Lipinski definition) is 1. The smallest absolute Gasteiger partial charge is 0.193 e. The monoisotopic (exact) mass is 535 g/mol. The van der Waals surface area contributed by atoms with Crippen molar-refractivity contribution >= 4 is 29.9 Å². The fourth-order valence-electron chi connectivity index (χ4n) is 3.71. The lowest BCUT2D eigenvalue weighted by atomic mass is 10.00.